The number of hydrogen-bond acceptors (Lipinski definition) is 1. The predicted octanol–water partition coefficient (Wildman–Crippen LogP) is 13.2. The summed E-state index contributed by atoms with van der Waals surface area (Å²) in [6.07, 6.45) is 0. The van der Waals surface area contributed by atoms with Gasteiger partial charge in [-0.15, -0.1) is 0 Å². The Bertz CT molecular complexity index is 2750. The van der Waals surface area contributed by atoms with Crippen molar-refractivity contribution in [1.29, 1.82) is 0 Å². The molecule has 0 amide bonds. The zero-order valence-corrected chi connectivity index (χ0v) is 28.2. The van der Waals surface area contributed by atoms with Crippen LogP contribution in [0.15, 0.2) is 194 Å². The van der Waals surface area contributed by atoms with Gasteiger partial charge in [-0.05, 0) is 83.9 Å². The third-order valence-corrected chi connectivity index (χ3v) is 10.1. The molecule has 0 aliphatic rings. The molecule has 0 radical (unpaired) electrons. The highest BCUT2D eigenvalue weighted by molar-refractivity contribution is 6.18. The molecule has 246 valence electrons. The number of fused-ring (bicyclic) bond motifs is 6. The molecule has 0 atom stereocenters. The fourth-order valence-electron chi connectivity index (χ4n) is 7.93. The van der Waals surface area contributed by atoms with E-state index < -0.39 is 0 Å². The van der Waals surface area contributed by atoms with Gasteiger partial charge >= 0.3 is 0 Å². The second kappa shape index (κ2) is 12.1. The molecule has 0 saturated heterocycles. The highest BCUT2D eigenvalue weighted by Gasteiger charge is 2.25. The first-order valence-corrected chi connectivity index (χ1v) is 17.6. The Morgan fingerprint density at radius 2 is 0.827 bits per heavy atom. The monoisotopic (exact) mass is 669 g/mol. The fraction of sp³-hybridized carbons (Fsp3) is 0. The number of hydrogen-bond donors (Lipinski definition) is 0. The number of aromatic nitrogens is 2. The van der Waals surface area contributed by atoms with E-state index in [2.05, 4.69) is 184 Å². The molecule has 0 unspecified atom stereocenters. The van der Waals surface area contributed by atoms with Crippen LogP contribution in [-0.4, -0.2) is 9.13 Å². The van der Waals surface area contributed by atoms with E-state index in [4.69, 9.17) is 0 Å². The van der Waals surface area contributed by atoms with Crippen molar-refractivity contribution in [3.8, 4) is 22.5 Å². The Labute approximate surface area is 300 Å². The number of rotatable bonds is 6. The average molecular weight is 670 g/mol. The van der Waals surface area contributed by atoms with Crippen LogP contribution in [0.1, 0.15) is 0 Å². The van der Waals surface area contributed by atoms with Crippen molar-refractivity contribution in [2.24, 2.45) is 0 Å². The lowest BCUT2D eigenvalue weighted by Gasteiger charge is -2.28. The van der Waals surface area contributed by atoms with Gasteiger partial charge in [0, 0.05) is 38.6 Å². The summed E-state index contributed by atoms with van der Waals surface area (Å²) in [7, 11) is 0. The quantitative estimate of drug-likeness (QED) is 0.172. The van der Waals surface area contributed by atoms with Gasteiger partial charge in [0.25, 0.3) is 0 Å². The standard InChI is InChI=1S/C48H32FN3/c49-35-15-11-14-34(32-35)33-28-30-38(31-29-33)50(45-26-12-22-41-39-20-7-9-24-43(39)51(47(41)45)36-16-3-1-4-17-36)46-27-13-23-42-40-21-8-10-25-44(40)52(48(42)46)37-18-5-2-6-19-37/h1-32H. The third kappa shape index (κ3) is 4.73. The maximum atomic E-state index is 14.3. The molecule has 0 aliphatic carbocycles. The number of halogens is 1. The van der Waals surface area contributed by atoms with E-state index in [0.29, 0.717) is 0 Å². The molecule has 10 rings (SSSR count). The number of anilines is 3. The lowest BCUT2D eigenvalue weighted by atomic mass is 10.0. The molecule has 0 bridgehead atoms. The van der Waals surface area contributed by atoms with Gasteiger partial charge < -0.3 is 14.0 Å². The molecular formula is C48H32FN3. The van der Waals surface area contributed by atoms with Crippen LogP contribution in [0.5, 0.6) is 0 Å². The van der Waals surface area contributed by atoms with Crippen LogP contribution in [0.3, 0.4) is 0 Å². The van der Waals surface area contributed by atoms with Crippen LogP contribution < -0.4 is 4.90 Å². The summed E-state index contributed by atoms with van der Waals surface area (Å²) in [5.74, 6) is -0.246. The summed E-state index contributed by atoms with van der Waals surface area (Å²) in [4.78, 5) is 2.40. The first kappa shape index (κ1) is 30.0. The molecule has 2 aromatic heterocycles. The Balaban J connectivity index is 1.33. The van der Waals surface area contributed by atoms with E-state index in [1.807, 2.05) is 6.07 Å². The number of nitrogens with zero attached hydrogens (tertiary/aromatic N) is 3. The zero-order valence-electron chi connectivity index (χ0n) is 28.2. The first-order valence-electron chi connectivity index (χ1n) is 17.6. The van der Waals surface area contributed by atoms with E-state index >= 15 is 0 Å². The minimum Gasteiger partial charge on any atom is -0.307 e. The summed E-state index contributed by atoms with van der Waals surface area (Å²) in [5, 5.41) is 4.74. The molecule has 3 nitrogen and oxygen atoms in total. The molecule has 4 heteroatoms. The van der Waals surface area contributed by atoms with Crippen molar-refractivity contribution in [2.75, 3.05) is 4.90 Å². The van der Waals surface area contributed by atoms with Crippen LogP contribution >= 0.6 is 0 Å². The molecule has 2 heterocycles. The molecule has 52 heavy (non-hydrogen) atoms. The van der Waals surface area contributed by atoms with Crippen LogP contribution in [0, 0.1) is 5.82 Å². The van der Waals surface area contributed by atoms with Crippen molar-refractivity contribution >= 4 is 60.7 Å². The summed E-state index contributed by atoms with van der Waals surface area (Å²) in [6.45, 7) is 0. The lowest BCUT2D eigenvalue weighted by Crippen LogP contribution is -2.13. The van der Waals surface area contributed by atoms with Crippen molar-refractivity contribution < 1.29 is 4.39 Å². The van der Waals surface area contributed by atoms with Gasteiger partial charge in [0.05, 0.1) is 33.4 Å². The summed E-state index contributed by atoms with van der Waals surface area (Å²) >= 11 is 0. The summed E-state index contributed by atoms with van der Waals surface area (Å²) < 4.78 is 19.1. The highest BCUT2D eigenvalue weighted by atomic mass is 19.1. The Hall–Kier alpha value is -6.91. The van der Waals surface area contributed by atoms with Gasteiger partial charge in [0.1, 0.15) is 5.82 Å². The van der Waals surface area contributed by atoms with Crippen LogP contribution in [0.25, 0.3) is 66.1 Å². The van der Waals surface area contributed by atoms with Gasteiger partial charge in [0.2, 0.25) is 0 Å². The van der Waals surface area contributed by atoms with Gasteiger partial charge in [-0.25, -0.2) is 4.39 Å². The molecule has 8 aromatic carbocycles. The van der Waals surface area contributed by atoms with Crippen LogP contribution in [-0.2, 0) is 0 Å². The minimum atomic E-state index is -0.246. The third-order valence-electron chi connectivity index (χ3n) is 10.1. The van der Waals surface area contributed by atoms with E-state index in [0.717, 1.165) is 61.6 Å². The zero-order chi connectivity index (χ0) is 34.6. The number of para-hydroxylation sites is 6. The van der Waals surface area contributed by atoms with Crippen molar-refractivity contribution in [3.63, 3.8) is 0 Å². The molecule has 0 aliphatic heterocycles. The predicted molar refractivity (Wildman–Crippen MR) is 215 cm³/mol. The second-order valence-corrected chi connectivity index (χ2v) is 13.1. The largest absolute Gasteiger partial charge is 0.307 e. The Morgan fingerprint density at radius 3 is 1.35 bits per heavy atom. The lowest BCUT2D eigenvalue weighted by molar-refractivity contribution is 0.628. The van der Waals surface area contributed by atoms with Crippen molar-refractivity contribution in [2.45, 2.75) is 0 Å². The number of benzene rings is 8. The maximum Gasteiger partial charge on any atom is 0.123 e. The van der Waals surface area contributed by atoms with Gasteiger partial charge in [-0.3, -0.25) is 0 Å². The minimum absolute atomic E-state index is 0.246. The van der Waals surface area contributed by atoms with E-state index in [1.54, 1.807) is 12.1 Å². The summed E-state index contributed by atoms with van der Waals surface area (Å²) in [6, 6.07) is 67.1. The van der Waals surface area contributed by atoms with Crippen LogP contribution in [0.2, 0.25) is 0 Å². The Morgan fingerprint density at radius 1 is 0.365 bits per heavy atom. The maximum absolute atomic E-state index is 14.3. The van der Waals surface area contributed by atoms with Gasteiger partial charge in [0.15, 0.2) is 0 Å². The highest BCUT2D eigenvalue weighted by Crippen LogP contribution is 2.47. The Kier molecular flexibility index (Phi) is 7.00. The molecular weight excluding hydrogens is 638 g/mol. The van der Waals surface area contributed by atoms with Crippen molar-refractivity contribution in [3.05, 3.63) is 200 Å². The SMILES string of the molecule is Fc1cccc(-c2ccc(N(c3cccc4c5ccccc5n(-c5ccccc5)c34)c3cccc4c5ccccc5n(-c5ccccc5)c34)cc2)c1. The topological polar surface area (TPSA) is 13.1 Å². The van der Waals surface area contributed by atoms with E-state index in [9.17, 15) is 4.39 Å². The smallest absolute Gasteiger partial charge is 0.123 e. The molecule has 0 spiro atoms. The normalized spacial score (nSPS) is 11.6. The first-order chi connectivity index (χ1) is 25.7. The molecule has 0 fully saturated rings. The second-order valence-electron chi connectivity index (χ2n) is 13.1. The van der Waals surface area contributed by atoms with Gasteiger partial charge in [-0.2, -0.15) is 0 Å². The van der Waals surface area contributed by atoms with Gasteiger partial charge in [-0.1, -0.05) is 121 Å². The average Bonchev–Trinajstić information content (AvgIpc) is 3.73. The fourth-order valence-corrected chi connectivity index (χ4v) is 7.93. The molecule has 0 N–H and O–H groups in total. The molecule has 10 aromatic rings. The van der Waals surface area contributed by atoms with E-state index in [-0.39, 0.29) is 5.82 Å². The van der Waals surface area contributed by atoms with Crippen molar-refractivity contribution in [1.82, 2.24) is 9.13 Å². The van der Waals surface area contributed by atoms with Crippen LogP contribution in [0.4, 0.5) is 21.5 Å². The molecule has 0 saturated carbocycles. The summed E-state index contributed by atoms with van der Waals surface area (Å²) in [5.41, 5.74) is 11.6. The van der Waals surface area contributed by atoms with E-state index in [1.165, 1.54) is 27.6 Å².